The molecular weight excluding hydrogens is 822 g/mol. The number of alkyl halides is 3. The Morgan fingerprint density at radius 1 is 0.409 bits per heavy atom. The van der Waals surface area contributed by atoms with Crippen LogP contribution in [-0.2, 0) is 6.18 Å². The first-order valence-electron chi connectivity index (χ1n) is 22.0. The molecule has 0 saturated carbocycles. The molecule has 1 atom stereocenters. The highest BCUT2D eigenvalue weighted by Crippen LogP contribution is 2.46. The predicted molar refractivity (Wildman–Crippen MR) is 265 cm³/mol. The molecule has 1 unspecified atom stereocenters. The molecule has 7 heteroatoms. The van der Waals surface area contributed by atoms with E-state index in [2.05, 4.69) is 167 Å². The number of fused-ring (bicyclic) bond motifs is 10. The second kappa shape index (κ2) is 14.6. The van der Waals surface area contributed by atoms with Crippen LogP contribution in [0.2, 0.25) is 0 Å². The molecule has 0 fully saturated rings. The average Bonchev–Trinajstić information content (AvgIpc) is 3.88. The van der Waals surface area contributed by atoms with Crippen LogP contribution < -0.4 is 0 Å². The molecule has 3 heterocycles. The van der Waals surface area contributed by atoms with E-state index in [0.717, 1.165) is 94.6 Å². The number of hydrogen-bond donors (Lipinski definition) is 0. The van der Waals surface area contributed by atoms with Gasteiger partial charge in [-0.15, -0.1) is 5.69 Å². The molecule has 0 spiro atoms. The van der Waals surface area contributed by atoms with E-state index in [1.807, 2.05) is 30.3 Å². The lowest BCUT2D eigenvalue weighted by Crippen LogP contribution is -2.13. The fourth-order valence-electron chi connectivity index (χ4n) is 10.1. The van der Waals surface area contributed by atoms with Gasteiger partial charge in [0.1, 0.15) is 0 Å². The van der Waals surface area contributed by atoms with E-state index in [9.17, 15) is 13.2 Å². The molecule has 4 nitrogen and oxygen atoms in total. The Labute approximate surface area is 377 Å². The van der Waals surface area contributed by atoms with Crippen molar-refractivity contribution in [2.24, 2.45) is 4.99 Å². The van der Waals surface area contributed by atoms with Crippen LogP contribution in [0.25, 0.3) is 93.0 Å². The summed E-state index contributed by atoms with van der Waals surface area (Å²) >= 11 is 0. The SMILES string of the molecule is FC(F)(F)c1ccc2ccc(C3N=C(c4cccc(-n5c6ccccc6c6ccc(-c7ccc8c(c7)c7ccccc7n8-c7ccccc7)cc65)c4)c4ccc5ccccc5c4[N-]3)cc2c1. The molecule has 13 rings (SSSR count). The second-order valence-electron chi connectivity index (χ2n) is 17.0. The lowest BCUT2D eigenvalue weighted by atomic mass is 9.93. The van der Waals surface area contributed by atoms with Crippen LogP contribution >= 0.6 is 0 Å². The number of aliphatic imine (C=N–C) groups is 1. The van der Waals surface area contributed by atoms with Gasteiger partial charge in [-0.1, -0.05) is 146 Å². The largest absolute Gasteiger partial charge is 0.659 e. The molecule has 314 valence electrons. The molecule has 1 aliphatic heterocycles. The first-order valence-corrected chi connectivity index (χ1v) is 22.0. The Kier molecular flexibility index (Phi) is 8.40. The van der Waals surface area contributed by atoms with E-state index in [1.54, 1.807) is 6.07 Å². The Morgan fingerprint density at radius 2 is 1.05 bits per heavy atom. The Hall–Kier alpha value is -8.42. The summed E-state index contributed by atoms with van der Waals surface area (Å²) in [7, 11) is 0. The fourth-order valence-corrected chi connectivity index (χ4v) is 10.1. The summed E-state index contributed by atoms with van der Waals surface area (Å²) in [4.78, 5) is 5.33. The van der Waals surface area contributed by atoms with Crippen molar-refractivity contribution < 1.29 is 13.2 Å². The number of rotatable bonds is 5. The zero-order valence-electron chi connectivity index (χ0n) is 35.2. The van der Waals surface area contributed by atoms with Crippen molar-refractivity contribution in [3.05, 3.63) is 240 Å². The molecule has 0 bridgehead atoms. The number of aromatic nitrogens is 2. The maximum atomic E-state index is 13.8. The van der Waals surface area contributed by atoms with Crippen molar-refractivity contribution in [1.82, 2.24) is 9.13 Å². The minimum Gasteiger partial charge on any atom is -0.659 e. The zero-order valence-corrected chi connectivity index (χ0v) is 35.2. The van der Waals surface area contributed by atoms with Crippen molar-refractivity contribution in [3.8, 4) is 22.5 Å². The molecule has 2 aromatic heterocycles. The zero-order chi connectivity index (χ0) is 44.1. The van der Waals surface area contributed by atoms with Gasteiger partial charge in [0.05, 0.1) is 33.3 Å². The van der Waals surface area contributed by atoms with Crippen LogP contribution in [0.1, 0.15) is 28.4 Å². The van der Waals surface area contributed by atoms with Crippen molar-refractivity contribution >= 4 is 76.6 Å². The topological polar surface area (TPSA) is 36.3 Å². The molecule has 0 amide bonds. The lowest BCUT2D eigenvalue weighted by molar-refractivity contribution is -0.137. The summed E-state index contributed by atoms with van der Waals surface area (Å²) in [5, 5.41) is 13.2. The molecule has 0 saturated heterocycles. The second-order valence-corrected chi connectivity index (χ2v) is 17.0. The molecule has 10 aromatic carbocycles. The highest BCUT2D eigenvalue weighted by atomic mass is 19.4. The highest BCUT2D eigenvalue weighted by molar-refractivity contribution is 6.21. The van der Waals surface area contributed by atoms with Crippen LogP contribution in [0.5, 0.6) is 0 Å². The van der Waals surface area contributed by atoms with Crippen molar-refractivity contribution in [2.45, 2.75) is 12.3 Å². The van der Waals surface area contributed by atoms with Gasteiger partial charge in [0, 0.05) is 44.6 Å². The maximum Gasteiger partial charge on any atom is 0.416 e. The van der Waals surface area contributed by atoms with Crippen molar-refractivity contribution in [1.29, 1.82) is 0 Å². The van der Waals surface area contributed by atoms with Gasteiger partial charge in [0.2, 0.25) is 0 Å². The molecule has 0 aliphatic carbocycles. The third-order valence-corrected chi connectivity index (χ3v) is 13.2. The quantitative estimate of drug-likeness (QED) is 0.165. The van der Waals surface area contributed by atoms with Gasteiger partial charge in [-0.2, -0.15) is 13.2 Å². The van der Waals surface area contributed by atoms with E-state index in [1.165, 1.54) is 28.4 Å². The summed E-state index contributed by atoms with van der Waals surface area (Å²) < 4.78 is 46.2. The van der Waals surface area contributed by atoms with Crippen LogP contribution in [0.4, 0.5) is 18.9 Å². The summed E-state index contributed by atoms with van der Waals surface area (Å²) in [6, 6.07) is 71.4. The maximum absolute atomic E-state index is 13.8. The number of halogens is 3. The first-order chi connectivity index (χ1) is 32.3. The third kappa shape index (κ3) is 6.04. The molecule has 12 aromatic rings. The van der Waals surface area contributed by atoms with E-state index in [4.69, 9.17) is 10.3 Å². The Morgan fingerprint density at radius 3 is 1.86 bits per heavy atom. The van der Waals surface area contributed by atoms with Crippen molar-refractivity contribution in [3.63, 3.8) is 0 Å². The minimum absolute atomic E-state index is 0.490. The van der Waals surface area contributed by atoms with Gasteiger partial charge in [0.15, 0.2) is 0 Å². The van der Waals surface area contributed by atoms with Gasteiger partial charge >= 0.3 is 6.18 Å². The number of benzene rings is 10. The molecule has 66 heavy (non-hydrogen) atoms. The number of nitrogens with zero attached hydrogens (tertiary/aromatic N) is 4. The highest BCUT2D eigenvalue weighted by Gasteiger charge is 2.30. The Balaban J connectivity index is 0.966. The van der Waals surface area contributed by atoms with Crippen LogP contribution in [0, 0.1) is 0 Å². The summed E-state index contributed by atoms with van der Waals surface area (Å²) in [5.41, 5.74) is 12.3. The molecule has 0 N–H and O–H groups in total. The third-order valence-electron chi connectivity index (χ3n) is 13.2. The average molecular weight is 858 g/mol. The molecule has 1 aliphatic rings. The normalized spacial score (nSPS) is 14.0. The monoisotopic (exact) mass is 857 g/mol. The number of hydrogen-bond acceptors (Lipinski definition) is 1. The van der Waals surface area contributed by atoms with Gasteiger partial charge in [-0.05, 0) is 111 Å². The summed E-state index contributed by atoms with van der Waals surface area (Å²) in [6.07, 6.45) is -5.14. The van der Waals surface area contributed by atoms with Crippen LogP contribution in [-0.4, -0.2) is 14.8 Å². The summed E-state index contributed by atoms with van der Waals surface area (Å²) in [5.74, 6) is 0. The van der Waals surface area contributed by atoms with E-state index in [0.29, 0.717) is 10.9 Å². The lowest BCUT2D eigenvalue weighted by Gasteiger charge is -2.39. The van der Waals surface area contributed by atoms with E-state index in [-0.39, 0.29) is 0 Å². The predicted octanol–water partition coefficient (Wildman–Crippen LogP) is 16.4. The van der Waals surface area contributed by atoms with Crippen LogP contribution in [0.15, 0.2) is 217 Å². The molecular formula is C59H36F3N4-. The van der Waals surface area contributed by atoms with E-state index >= 15 is 0 Å². The standard InChI is InChI=1S/C59H36F3N4/c60-59(61,62)43-27-23-36-21-22-41(31-42(36)32-43)58-63-56(50-29-24-37-11-4-5-16-46(37)57(50)64-58)40-12-10-15-45(33-40)66-52-19-8-6-17-47(52)49-28-25-39(35-55(49)66)38-26-30-54-51(34-38)48-18-7-9-20-53(48)65(54)44-13-2-1-3-14-44/h1-35,58H/q-1. The molecule has 0 radical (unpaired) electrons. The smallest absolute Gasteiger partial charge is 0.416 e. The van der Waals surface area contributed by atoms with Gasteiger partial charge in [0.25, 0.3) is 0 Å². The van der Waals surface area contributed by atoms with Crippen molar-refractivity contribution in [2.75, 3.05) is 0 Å². The number of para-hydroxylation sites is 3. The first kappa shape index (κ1) is 38.1. The fraction of sp³-hybridized carbons (Fsp3) is 0.0339. The van der Waals surface area contributed by atoms with Gasteiger partial charge in [-0.25, -0.2) is 0 Å². The Bertz CT molecular complexity index is 3970. The summed E-state index contributed by atoms with van der Waals surface area (Å²) in [6.45, 7) is 0. The van der Waals surface area contributed by atoms with Gasteiger partial charge in [-0.3, -0.25) is 4.99 Å². The van der Waals surface area contributed by atoms with Crippen LogP contribution in [0.3, 0.4) is 0 Å². The minimum atomic E-state index is -4.45. The van der Waals surface area contributed by atoms with Gasteiger partial charge < -0.3 is 14.5 Å². The van der Waals surface area contributed by atoms with E-state index < -0.39 is 17.9 Å².